The van der Waals surface area contributed by atoms with Crippen molar-refractivity contribution in [2.45, 2.75) is 38.4 Å². The van der Waals surface area contributed by atoms with Crippen LogP contribution >= 0.6 is 0 Å². The van der Waals surface area contributed by atoms with Crippen molar-refractivity contribution in [3.05, 3.63) is 29.8 Å². The Bertz CT molecular complexity index is 385. The summed E-state index contributed by atoms with van der Waals surface area (Å²) in [6, 6.07) is 8.20. The summed E-state index contributed by atoms with van der Waals surface area (Å²) < 4.78 is 5.57. The first kappa shape index (κ1) is 15.3. The topological polar surface area (TPSA) is 52.9 Å². The van der Waals surface area contributed by atoms with E-state index in [0.29, 0.717) is 6.61 Å². The van der Waals surface area contributed by atoms with Crippen LogP contribution in [-0.4, -0.2) is 42.6 Å². The molecule has 20 heavy (non-hydrogen) atoms. The zero-order valence-corrected chi connectivity index (χ0v) is 12.2. The second kappa shape index (κ2) is 7.62. The van der Waals surface area contributed by atoms with Gasteiger partial charge in [-0.25, -0.2) is 0 Å². The van der Waals surface area contributed by atoms with Gasteiger partial charge < -0.3 is 19.8 Å². The standard InChI is InChI=1S/C16H25NO3/c1-2-16(19)13-3-5-14(6-4-13)17-9-7-15(8-10-17)20-12-11-18/h3-6,15-16,18-19H,2,7-12H2,1H3/t16-/m1/s1. The van der Waals surface area contributed by atoms with Crippen LogP contribution < -0.4 is 4.90 Å². The second-order valence-corrected chi connectivity index (χ2v) is 5.30. The van der Waals surface area contributed by atoms with Crippen LogP contribution in [0.5, 0.6) is 0 Å². The number of ether oxygens (including phenoxy) is 1. The van der Waals surface area contributed by atoms with Crippen LogP contribution in [0.1, 0.15) is 37.9 Å². The van der Waals surface area contributed by atoms with E-state index in [-0.39, 0.29) is 18.8 Å². The molecule has 0 saturated carbocycles. The van der Waals surface area contributed by atoms with Crippen molar-refractivity contribution >= 4 is 5.69 Å². The van der Waals surface area contributed by atoms with Crippen LogP contribution in [0.25, 0.3) is 0 Å². The summed E-state index contributed by atoms with van der Waals surface area (Å²) >= 11 is 0. The van der Waals surface area contributed by atoms with Gasteiger partial charge in [0.1, 0.15) is 0 Å². The number of hydrogen-bond acceptors (Lipinski definition) is 4. The minimum Gasteiger partial charge on any atom is -0.394 e. The van der Waals surface area contributed by atoms with E-state index in [9.17, 15) is 5.11 Å². The number of anilines is 1. The van der Waals surface area contributed by atoms with E-state index < -0.39 is 0 Å². The lowest BCUT2D eigenvalue weighted by Gasteiger charge is -2.33. The third-order valence-corrected chi connectivity index (χ3v) is 3.92. The van der Waals surface area contributed by atoms with E-state index in [1.54, 1.807) is 0 Å². The predicted octanol–water partition coefficient (Wildman–Crippen LogP) is 2.11. The minimum atomic E-state index is -0.360. The maximum Gasteiger partial charge on any atom is 0.0787 e. The molecule has 0 bridgehead atoms. The molecule has 4 nitrogen and oxygen atoms in total. The largest absolute Gasteiger partial charge is 0.394 e. The smallest absolute Gasteiger partial charge is 0.0787 e. The molecule has 4 heteroatoms. The number of piperidine rings is 1. The van der Waals surface area contributed by atoms with Crippen molar-refractivity contribution in [3.63, 3.8) is 0 Å². The van der Waals surface area contributed by atoms with Crippen LogP contribution in [0.2, 0.25) is 0 Å². The molecule has 1 aromatic carbocycles. The molecule has 1 aliphatic rings. The molecule has 0 spiro atoms. The van der Waals surface area contributed by atoms with Crippen molar-refractivity contribution in [3.8, 4) is 0 Å². The Balaban J connectivity index is 1.87. The summed E-state index contributed by atoms with van der Waals surface area (Å²) in [6.45, 7) is 4.48. The highest BCUT2D eigenvalue weighted by molar-refractivity contribution is 5.48. The lowest BCUT2D eigenvalue weighted by atomic mass is 10.0. The molecule has 1 aromatic rings. The number of aliphatic hydroxyl groups excluding tert-OH is 2. The number of rotatable bonds is 6. The first-order valence-corrected chi connectivity index (χ1v) is 7.50. The molecule has 0 aliphatic carbocycles. The second-order valence-electron chi connectivity index (χ2n) is 5.30. The molecular weight excluding hydrogens is 254 g/mol. The summed E-state index contributed by atoms with van der Waals surface area (Å²) in [7, 11) is 0. The summed E-state index contributed by atoms with van der Waals surface area (Å²) in [5, 5.41) is 18.6. The lowest BCUT2D eigenvalue weighted by molar-refractivity contribution is 0.0159. The Labute approximate surface area is 121 Å². The molecule has 0 unspecified atom stereocenters. The van der Waals surface area contributed by atoms with Gasteiger partial charge >= 0.3 is 0 Å². The van der Waals surface area contributed by atoms with Gasteiger partial charge in [0.2, 0.25) is 0 Å². The highest BCUT2D eigenvalue weighted by Crippen LogP contribution is 2.24. The van der Waals surface area contributed by atoms with Gasteiger partial charge in [-0.1, -0.05) is 19.1 Å². The number of aliphatic hydroxyl groups is 2. The summed E-state index contributed by atoms with van der Waals surface area (Å²) in [6.07, 6.45) is 2.66. The number of hydrogen-bond donors (Lipinski definition) is 2. The summed E-state index contributed by atoms with van der Waals surface area (Å²) in [5.74, 6) is 0. The zero-order chi connectivity index (χ0) is 14.4. The molecule has 0 amide bonds. The average Bonchev–Trinajstić information content (AvgIpc) is 2.53. The van der Waals surface area contributed by atoms with Crippen LogP contribution in [0.4, 0.5) is 5.69 Å². The molecule has 0 aromatic heterocycles. The molecule has 2 N–H and O–H groups in total. The van der Waals surface area contributed by atoms with Gasteiger partial charge in [-0.3, -0.25) is 0 Å². The molecular formula is C16H25NO3. The normalized spacial score (nSPS) is 18.2. The van der Waals surface area contributed by atoms with Crippen LogP contribution in [0.15, 0.2) is 24.3 Å². The van der Waals surface area contributed by atoms with Crippen molar-refractivity contribution < 1.29 is 14.9 Å². The lowest BCUT2D eigenvalue weighted by Crippen LogP contribution is -2.37. The van der Waals surface area contributed by atoms with Crippen molar-refractivity contribution in [2.75, 3.05) is 31.2 Å². The Morgan fingerprint density at radius 1 is 1.25 bits per heavy atom. The fraction of sp³-hybridized carbons (Fsp3) is 0.625. The van der Waals surface area contributed by atoms with E-state index in [1.165, 1.54) is 5.69 Å². The molecule has 112 valence electrons. The van der Waals surface area contributed by atoms with Crippen molar-refractivity contribution in [2.24, 2.45) is 0 Å². The first-order chi connectivity index (χ1) is 9.74. The van der Waals surface area contributed by atoms with Gasteiger partial charge in [0.15, 0.2) is 0 Å². The molecule has 1 fully saturated rings. The Morgan fingerprint density at radius 2 is 1.90 bits per heavy atom. The Kier molecular flexibility index (Phi) is 5.83. The fourth-order valence-electron chi connectivity index (χ4n) is 2.64. The summed E-state index contributed by atoms with van der Waals surface area (Å²) in [4.78, 5) is 2.35. The monoisotopic (exact) mass is 279 g/mol. The molecule has 1 saturated heterocycles. The first-order valence-electron chi connectivity index (χ1n) is 7.50. The van der Waals surface area contributed by atoms with E-state index >= 15 is 0 Å². The van der Waals surface area contributed by atoms with Gasteiger partial charge in [-0.2, -0.15) is 0 Å². The zero-order valence-electron chi connectivity index (χ0n) is 12.2. The van der Waals surface area contributed by atoms with Gasteiger partial charge in [0.25, 0.3) is 0 Å². The summed E-state index contributed by atoms with van der Waals surface area (Å²) in [5.41, 5.74) is 2.19. The van der Waals surface area contributed by atoms with Gasteiger partial charge in [0, 0.05) is 18.8 Å². The molecule has 0 radical (unpaired) electrons. The molecule has 1 aliphatic heterocycles. The van der Waals surface area contributed by atoms with Crippen molar-refractivity contribution in [1.82, 2.24) is 0 Å². The van der Waals surface area contributed by atoms with Gasteiger partial charge in [0.05, 0.1) is 25.4 Å². The predicted molar refractivity (Wildman–Crippen MR) is 80.0 cm³/mol. The van der Waals surface area contributed by atoms with Crippen LogP contribution in [0.3, 0.4) is 0 Å². The quantitative estimate of drug-likeness (QED) is 0.837. The average molecular weight is 279 g/mol. The highest BCUT2D eigenvalue weighted by atomic mass is 16.5. The molecule has 1 heterocycles. The van der Waals surface area contributed by atoms with Crippen molar-refractivity contribution in [1.29, 1.82) is 0 Å². The van der Waals surface area contributed by atoms with E-state index in [1.807, 2.05) is 19.1 Å². The van der Waals surface area contributed by atoms with Crippen LogP contribution in [0, 0.1) is 0 Å². The van der Waals surface area contributed by atoms with Gasteiger partial charge in [-0.15, -0.1) is 0 Å². The Morgan fingerprint density at radius 3 is 2.45 bits per heavy atom. The van der Waals surface area contributed by atoms with E-state index in [0.717, 1.165) is 37.9 Å². The maximum absolute atomic E-state index is 9.80. The fourth-order valence-corrected chi connectivity index (χ4v) is 2.64. The number of nitrogens with zero attached hydrogens (tertiary/aromatic N) is 1. The third-order valence-electron chi connectivity index (χ3n) is 3.92. The Hall–Kier alpha value is -1.10. The molecule has 2 rings (SSSR count). The SMILES string of the molecule is CC[C@@H](O)c1ccc(N2CCC(OCCO)CC2)cc1. The van der Waals surface area contributed by atoms with E-state index in [4.69, 9.17) is 9.84 Å². The maximum atomic E-state index is 9.80. The van der Waals surface area contributed by atoms with E-state index in [2.05, 4.69) is 17.0 Å². The third kappa shape index (κ3) is 3.95. The van der Waals surface area contributed by atoms with Gasteiger partial charge in [-0.05, 0) is 37.0 Å². The molecule has 1 atom stereocenters. The highest BCUT2D eigenvalue weighted by Gasteiger charge is 2.19. The minimum absolute atomic E-state index is 0.0986. The van der Waals surface area contributed by atoms with Crippen LogP contribution in [-0.2, 0) is 4.74 Å². The number of benzene rings is 1.